The quantitative estimate of drug-likeness (QED) is 0.404. The number of pyridine rings is 1. The molecule has 0 aliphatic rings. The van der Waals surface area contributed by atoms with E-state index >= 15 is 0 Å². The van der Waals surface area contributed by atoms with E-state index in [9.17, 15) is 15.0 Å². The molecular weight excluding hydrogens is 188 g/mol. The van der Waals surface area contributed by atoms with Crippen LogP contribution in [0, 0.1) is 0 Å². The number of aliphatic hydroxyl groups excluding tert-OH is 2. The molecule has 1 aromatic rings. The van der Waals surface area contributed by atoms with Crippen LogP contribution in [-0.2, 0) is 0 Å². The van der Waals surface area contributed by atoms with Gasteiger partial charge in [0.15, 0.2) is 5.75 Å². The van der Waals surface area contributed by atoms with Gasteiger partial charge in [-0.05, 0) is 6.07 Å². The van der Waals surface area contributed by atoms with Crippen LogP contribution in [0.3, 0.4) is 0 Å². The Morgan fingerprint density at radius 3 is 2.64 bits per heavy atom. The smallest absolute Gasteiger partial charge is 0.290 e. The van der Waals surface area contributed by atoms with Crippen molar-refractivity contribution in [1.29, 1.82) is 0 Å². The molecule has 0 aromatic carbocycles. The summed E-state index contributed by atoms with van der Waals surface area (Å²) in [5, 5.41) is 27.7. The number of aromatic nitrogens is 1. The zero-order chi connectivity index (χ0) is 10.7. The van der Waals surface area contributed by atoms with E-state index in [-0.39, 0.29) is 12.1 Å². The number of aliphatic hydroxyl groups is 2. The summed E-state index contributed by atoms with van der Waals surface area (Å²) in [5.74, 6) is -0.509. The van der Waals surface area contributed by atoms with E-state index in [1.54, 1.807) is 0 Å². The third kappa shape index (κ3) is 2.11. The Labute approximate surface area is 79.6 Å². The van der Waals surface area contributed by atoms with Gasteiger partial charge < -0.3 is 26.0 Å². The Balaban J connectivity index is 2.96. The summed E-state index contributed by atoms with van der Waals surface area (Å²) in [6.07, 6.45) is -1.13. The molecule has 2 atom stereocenters. The van der Waals surface area contributed by atoms with Gasteiger partial charge in [0.25, 0.3) is 5.56 Å². The van der Waals surface area contributed by atoms with Crippen molar-refractivity contribution in [3.8, 4) is 5.75 Å². The minimum absolute atomic E-state index is 0.110. The third-order valence-corrected chi connectivity index (χ3v) is 1.85. The lowest BCUT2D eigenvalue weighted by Gasteiger charge is -2.15. The molecule has 6 heteroatoms. The number of nitrogens with one attached hydrogen (secondary N) is 1. The maximum Gasteiger partial charge on any atom is 0.290 e. The molecule has 0 spiro atoms. The van der Waals surface area contributed by atoms with E-state index in [2.05, 4.69) is 4.98 Å². The summed E-state index contributed by atoms with van der Waals surface area (Å²) in [5.41, 5.74) is 4.69. The van der Waals surface area contributed by atoms with E-state index in [0.717, 1.165) is 6.07 Å². The second-order valence-corrected chi connectivity index (χ2v) is 2.90. The first kappa shape index (κ1) is 10.7. The Morgan fingerprint density at radius 1 is 1.50 bits per heavy atom. The molecule has 1 rings (SSSR count). The van der Waals surface area contributed by atoms with Crippen LogP contribution >= 0.6 is 0 Å². The van der Waals surface area contributed by atoms with Crippen molar-refractivity contribution >= 4 is 0 Å². The highest BCUT2D eigenvalue weighted by atomic mass is 16.3. The van der Waals surface area contributed by atoms with Gasteiger partial charge >= 0.3 is 0 Å². The molecule has 1 heterocycles. The highest BCUT2D eigenvalue weighted by Crippen LogP contribution is 2.16. The van der Waals surface area contributed by atoms with Crippen LogP contribution in [0.4, 0.5) is 0 Å². The average Bonchev–Trinajstić information content (AvgIpc) is 2.20. The highest BCUT2D eigenvalue weighted by Gasteiger charge is 2.17. The molecule has 6 N–H and O–H groups in total. The van der Waals surface area contributed by atoms with E-state index in [0.29, 0.717) is 0 Å². The number of hydrogen-bond acceptors (Lipinski definition) is 5. The maximum atomic E-state index is 10.8. The van der Waals surface area contributed by atoms with Crippen molar-refractivity contribution < 1.29 is 15.3 Å². The van der Waals surface area contributed by atoms with E-state index < -0.39 is 23.5 Å². The van der Waals surface area contributed by atoms with Gasteiger partial charge in [0, 0.05) is 18.3 Å². The summed E-state index contributed by atoms with van der Waals surface area (Å²) in [7, 11) is 0. The first-order valence-corrected chi connectivity index (χ1v) is 4.04. The Bertz CT molecular complexity index is 363. The second-order valence-electron chi connectivity index (χ2n) is 2.90. The zero-order valence-electron chi connectivity index (χ0n) is 7.34. The average molecular weight is 200 g/mol. The van der Waals surface area contributed by atoms with E-state index in [4.69, 9.17) is 10.8 Å². The fourth-order valence-corrected chi connectivity index (χ4v) is 1.01. The minimum Gasteiger partial charge on any atom is -0.503 e. The van der Waals surface area contributed by atoms with Crippen molar-refractivity contribution in [3.63, 3.8) is 0 Å². The minimum atomic E-state index is -1.22. The standard InChI is InChI=1S/C8H12N2O4/c9-2-6(12)7(13)4-1-5(11)8(14)10-3-4/h1,3,6-7,11-13H,2,9H2,(H,10,14). The molecule has 1 aromatic heterocycles. The van der Waals surface area contributed by atoms with Crippen LogP contribution in [0.5, 0.6) is 5.75 Å². The topological polar surface area (TPSA) is 120 Å². The molecule has 6 nitrogen and oxygen atoms in total. The molecule has 14 heavy (non-hydrogen) atoms. The summed E-state index contributed by atoms with van der Waals surface area (Å²) < 4.78 is 0. The molecule has 0 saturated carbocycles. The largest absolute Gasteiger partial charge is 0.503 e. The fourth-order valence-electron chi connectivity index (χ4n) is 1.01. The van der Waals surface area contributed by atoms with Crippen LogP contribution in [0.25, 0.3) is 0 Å². The molecule has 78 valence electrons. The van der Waals surface area contributed by atoms with Crippen LogP contribution in [0.1, 0.15) is 11.7 Å². The van der Waals surface area contributed by atoms with Gasteiger partial charge in [-0.25, -0.2) is 0 Å². The molecule has 0 aliphatic carbocycles. The van der Waals surface area contributed by atoms with Gasteiger partial charge in [-0.3, -0.25) is 4.79 Å². The number of nitrogens with two attached hydrogens (primary N) is 1. The number of hydrogen-bond donors (Lipinski definition) is 5. The second kappa shape index (κ2) is 4.23. The molecule has 2 unspecified atom stereocenters. The monoisotopic (exact) mass is 200 g/mol. The molecular formula is C8H12N2O4. The zero-order valence-corrected chi connectivity index (χ0v) is 7.34. The molecule has 0 fully saturated rings. The molecule has 0 radical (unpaired) electrons. The molecule has 0 saturated heterocycles. The first-order valence-electron chi connectivity index (χ1n) is 4.04. The van der Waals surface area contributed by atoms with Crippen molar-refractivity contribution in [2.24, 2.45) is 5.73 Å². The highest BCUT2D eigenvalue weighted by molar-refractivity contribution is 5.24. The molecule has 0 amide bonds. The maximum absolute atomic E-state index is 10.8. The number of rotatable bonds is 3. The lowest BCUT2D eigenvalue weighted by atomic mass is 10.1. The van der Waals surface area contributed by atoms with Crippen LogP contribution in [-0.4, -0.2) is 33.0 Å². The van der Waals surface area contributed by atoms with Crippen LogP contribution in [0.2, 0.25) is 0 Å². The van der Waals surface area contributed by atoms with Gasteiger partial charge in [0.05, 0.1) is 6.10 Å². The first-order chi connectivity index (χ1) is 6.56. The van der Waals surface area contributed by atoms with Gasteiger partial charge in [-0.2, -0.15) is 0 Å². The van der Waals surface area contributed by atoms with Crippen LogP contribution in [0.15, 0.2) is 17.1 Å². The number of aromatic amines is 1. The van der Waals surface area contributed by atoms with Crippen molar-refractivity contribution in [1.82, 2.24) is 4.98 Å². The van der Waals surface area contributed by atoms with Gasteiger partial charge in [0.1, 0.15) is 6.10 Å². The van der Waals surface area contributed by atoms with Crippen molar-refractivity contribution in [3.05, 3.63) is 28.2 Å². The Morgan fingerprint density at radius 2 is 2.14 bits per heavy atom. The normalized spacial score (nSPS) is 15.1. The summed E-state index contributed by atoms with van der Waals surface area (Å²) >= 11 is 0. The van der Waals surface area contributed by atoms with Crippen LogP contribution < -0.4 is 11.3 Å². The predicted octanol–water partition coefficient (Wildman–Crippen LogP) is -1.57. The van der Waals surface area contributed by atoms with Crippen molar-refractivity contribution in [2.75, 3.05) is 6.54 Å². The number of aromatic hydroxyl groups is 1. The van der Waals surface area contributed by atoms with Gasteiger partial charge in [-0.15, -0.1) is 0 Å². The summed E-state index contributed by atoms with van der Waals surface area (Å²) in [6.45, 7) is -0.110. The molecule has 0 aliphatic heterocycles. The van der Waals surface area contributed by atoms with E-state index in [1.807, 2.05) is 0 Å². The predicted molar refractivity (Wildman–Crippen MR) is 48.7 cm³/mol. The molecule has 0 bridgehead atoms. The van der Waals surface area contributed by atoms with Crippen molar-refractivity contribution in [2.45, 2.75) is 12.2 Å². The third-order valence-electron chi connectivity index (χ3n) is 1.85. The SMILES string of the molecule is NCC(O)C(O)c1c[nH]c(=O)c(O)c1. The Hall–Kier alpha value is -1.37. The van der Waals surface area contributed by atoms with E-state index in [1.165, 1.54) is 6.20 Å². The lowest BCUT2D eigenvalue weighted by molar-refractivity contribution is 0.0240. The van der Waals surface area contributed by atoms with Gasteiger partial charge in [0.2, 0.25) is 0 Å². The fraction of sp³-hybridized carbons (Fsp3) is 0.375. The number of H-pyrrole nitrogens is 1. The Kier molecular flexibility index (Phi) is 3.23. The lowest BCUT2D eigenvalue weighted by Crippen LogP contribution is -2.27. The van der Waals surface area contributed by atoms with Gasteiger partial charge in [-0.1, -0.05) is 0 Å². The summed E-state index contributed by atoms with van der Waals surface area (Å²) in [4.78, 5) is 13.0. The summed E-state index contributed by atoms with van der Waals surface area (Å²) in [6, 6.07) is 1.09.